The maximum Gasteiger partial charge on any atom is 0.115 e. The largest absolute Gasteiger partial charge is 0.508 e. The van der Waals surface area contributed by atoms with E-state index in [2.05, 4.69) is 0 Å². The van der Waals surface area contributed by atoms with E-state index in [4.69, 9.17) is 10.5 Å². The normalized spacial score (nSPS) is 15.1. The highest BCUT2D eigenvalue weighted by molar-refractivity contribution is 5.28. The van der Waals surface area contributed by atoms with Crippen LogP contribution in [0.3, 0.4) is 0 Å². The summed E-state index contributed by atoms with van der Waals surface area (Å²) < 4.78 is 5.32. The van der Waals surface area contributed by atoms with E-state index in [-0.39, 0.29) is 11.4 Å². The van der Waals surface area contributed by atoms with Gasteiger partial charge in [-0.2, -0.15) is 0 Å². The molecule has 3 N–H and O–H groups in total. The van der Waals surface area contributed by atoms with Gasteiger partial charge in [-0.05, 0) is 24.6 Å². The van der Waals surface area contributed by atoms with E-state index in [0.29, 0.717) is 13.0 Å². The topological polar surface area (TPSA) is 55.5 Å². The number of methoxy groups -OCH3 is 1. The van der Waals surface area contributed by atoms with Gasteiger partial charge in [0.05, 0.1) is 5.60 Å². The van der Waals surface area contributed by atoms with Crippen molar-refractivity contribution in [2.45, 2.75) is 18.9 Å². The Morgan fingerprint density at radius 1 is 1.50 bits per heavy atom. The molecule has 0 spiro atoms. The zero-order valence-corrected chi connectivity index (χ0v) is 8.66. The SMILES string of the molecule is COC(C)(CN)Cc1cccc(O)c1. The molecule has 1 aromatic rings. The number of aromatic hydroxyl groups is 1. The monoisotopic (exact) mass is 195 g/mol. The van der Waals surface area contributed by atoms with Crippen molar-refractivity contribution < 1.29 is 9.84 Å². The van der Waals surface area contributed by atoms with Crippen molar-refractivity contribution >= 4 is 0 Å². The molecule has 0 saturated heterocycles. The highest BCUT2D eigenvalue weighted by Gasteiger charge is 2.21. The predicted octanol–water partition coefficient (Wildman–Crippen LogP) is 1.30. The van der Waals surface area contributed by atoms with Gasteiger partial charge in [0.15, 0.2) is 0 Å². The summed E-state index contributed by atoms with van der Waals surface area (Å²) >= 11 is 0. The van der Waals surface area contributed by atoms with Crippen molar-refractivity contribution in [1.29, 1.82) is 0 Å². The fourth-order valence-corrected chi connectivity index (χ4v) is 1.33. The molecule has 3 nitrogen and oxygen atoms in total. The Morgan fingerprint density at radius 3 is 2.71 bits per heavy atom. The van der Waals surface area contributed by atoms with Crippen LogP contribution in [0.25, 0.3) is 0 Å². The summed E-state index contributed by atoms with van der Waals surface area (Å²) in [5.41, 5.74) is 6.29. The molecule has 0 aromatic heterocycles. The third-order valence-corrected chi connectivity index (χ3v) is 2.41. The molecule has 0 saturated carbocycles. The van der Waals surface area contributed by atoms with Gasteiger partial charge in [0.2, 0.25) is 0 Å². The van der Waals surface area contributed by atoms with E-state index >= 15 is 0 Å². The Balaban J connectivity index is 2.77. The van der Waals surface area contributed by atoms with Gasteiger partial charge in [-0.1, -0.05) is 12.1 Å². The molecule has 3 heteroatoms. The highest BCUT2D eigenvalue weighted by atomic mass is 16.5. The molecule has 1 rings (SSSR count). The Hall–Kier alpha value is -1.06. The van der Waals surface area contributed by atoms with Gasteiger partial charge < -0.3 is 15.6 Å². The van der Waals surface area contributed by atoms with Crippen LogP contribution in [-0.2, 0) is 11.2 Å². The summed E-state index contributed by atoms with van der Waals surface area (Å²) in [5, 5.41) is 9.28. The molecule has 0 aliphatic heterocycles. The van der Waals surface area contributed by atoms with Gasteiger partial charge in [0.1, 0.15) is 5.75 Å². The number of ether oxygens (including phenoxy) is 1. The zero-order chi connectivity index (χ0) is 10.6. The summed E-state index contributed by atoms with van der Waals surface area (Å²) in [6.45, 7) is 2.41. The average molecular weight is 195 g/mol. The summed E-state index contributed by atoms with van der Waals surface area (Å²) in [6.07, 6.45) is 0.703. The molecule has 0 aliphatic carbocycles. The lowest BCUT2D eigenvalue weighted by molar-refractivity contribution is 0.0143. The second kappa shape index (κ2) is 4.44. The van der Waals surface area contributed by atoms with Crippen LogP contribution >= 0.6 is 0 Å². The van der Waals surface area contributed by atoms with Crippen molar-refractivity contribution in [2.75, 3.05) is 13.7 Å². The molecule has 0 heterocycles. The number of nitrogens with two attached hydrogens (primary N) is 1. The maximum absolute atomic E-state index is 9.28. The summed E-state index contributed by atoms with van der Waals surface area (Å²) in [7, 11) is 1.65. The average Bonchev–Trinajstić information content (AvgIpc) is 2.18. The first kappa shape index (κ1) is 11.0. The van der Waals surface area contributed by atoms with E-state index in [1.54, 1.807) is 19.2 Å². The summed E-state index contributed by atoms with van der Waals surface area (Å²) in [6, 6.07) is 7.15. The molecular formula is C11H17NO2. The number of rotatable bonds is 4. The molecule has 1 unspecified atom stereocenters. The number of benzene rings is 1. The smallest absolute Gasteiger partial charge is 0.115 e. The lowest BCUT2D eigenvalue weighted by Gasteiger charge is -2.26. The van der Waals surface area contributed by atoms with Crippen molar-refractivity contribution in [3.63, 3.8) is 0 Å². The standard InChI is InChI=1S/C11H17NO2/c1-11(8-12,14-2)7-9-4-3-5-10(13)6-9/h3-6,13H,7-8,12H2,1-2H3. The fourth-order valence-electron chi connectivity index (χ4n) is 1.33. The number of phenolic OH excluding ortho intramolecular Hbond substituents is 1. The molecule has 0 radical (unpaired) electrons. The van der Waals surface area contributed by atoms with Crippen LogP contribution in [0, 0.1) is 0 Å². The van der Waals surface area contributed by atoms with Crippen LogP contribution in [0.1, 0.15) is 12.5 Å². The molecule has 0 amide bonds. The molecule has 1 aromatic carbocycles. The van der Waals surface area contributed by atoms with Gasteiger partial charge in [0.25, 0.3) is 0 Å². The van der Waals surface area contributed by atoms with Crippen molar-refractivity contribution in [3.05, 3.63) is 29.8 Å². The van der Waals surface area contributed by atoms with Crippen LogP contribution in [0.4, 0.5) is 0 Å². The van der Waals surface area contributed by atoms with Gasteiger partial charge in [-0.25, -0.2) is 0 Å². The first-order chi connectivity index (χ1) is 6.59. The highest BCUT2D eigenvalue weighted by Crippen LogP contribution is 2.18. The fraction of sp³-hybridized carbons (Fsp3) is 0.455. The van der Waals surface area contributed by atoms with Gasteiger partial charge in [0, 0.05) is 20.1 Å². The minimum Gasteiger partial charge on any atom is -0.508 e. The zero-order valence-electron chi connectivity index (χ0n) is 8.66. The first-order valence-electron chi connectivity index (χ1n) is 4.63. The summed E-state index contributed by atoms with van der Waals surface area (Å²) in [5.74, 6) is 0.276. The third kappa shape index (κ3) is 2.72. The number of hydrogen-bond acceptors (Lipinski definition) is 3. The lowest BCUT2D eigenvalue weighted by atomic mass is 9.96. The van der Waals surface area contributed by atoms with Gasteiger partial charge in [-0.15, -0.1) is 0 Å². The van der Waals surface area contributed by atoms with Gasteiger partial charge >= 0.3 is 0 Å². The van der Waals surface area contributed by atoms with Crippen LogP contribution in [0.2, 0.25) is 0 Å². The van der Waals surface area contributed by atoms with Crippen LogP contribution in [-0.4, -0.2) is 24.4 Å². The lowest BCUT2D eigenvalue weighted by Crippen LogP contribution is -2.38. The van der Waals surface area contributed by atoms with E-state index in [1.807, 2.05) is 19.1 Å². The molecule has 14 heavy (non-hydrogen) atoms. The molecule has 0 fully saturated rings. The van der Waals surface area contributed by atoms with Crippen molar-refractivity contribution in [1.82, 2.24) is 0 Å². The molecular weight excluding hydrogens is 178 g/mol. The minimum atomic E-state index is -0.353. The van der Waals surface area contributed by atoms with Crippen LogP contribution in [0.5, 0.6) is 5.75 Å². The molecule has 0 aliphatic rings. The van der Waals surface area contributed by atoms with Gasteiger partial charge in [-0.3, -0.25) is 0 Å². The second-order valence-electron chi connectivity index (χ2n) is 3.70. The van der Waals surface area contributed by atoms with Crippen molar-refractivity contribution in [3.8, 4) is 5.75 Å². The Bertz CT molecular complexity index is 295. The number of hydrogen-bond donors (Lipinski definition) is 2. The van der Waals surface area contributed by atoms with Crippen LogP contribution < -0.4 is 5.73 Å². The number of phenols is 1. The maximum atomic E-state index is 9.28. The van der Waals surface area contributed by atoms with E-state index < -0.39 is 0 Å². The molecule has 78 valence electrons. The Labute approximate surface area is 84.5 Å². The quantitative estimate of drug-likeness (QED) is 0.761. The van der Waals surface area contributed by atoms with E-state index in [1.165, 1.54) is 0 Å². The predicted molar refractivity (Wildman–Crippen MR) is 56.3 cm³/mol. The molecule has 0 bridgehead atoms. The third-order valence-electron chi connectivity index (χ3n) is 2.41. The minimum absolute atomic E-state index is 0.276. The molecule has 1 atom stereocenters. The summed E-state index contributed by atoms with van der Waals surface area (Å²) in [4.78, 5) is 0. The van der Waals surface area contributed by atoms with Crippen LogP contribution in [0.15, 0.2) is 24.3 Å². The van der Waals surface area contributed by atoms with E-state index in [9.17, 15) is 5.11 Å². The first-order valence-corrected chi connectivity index (χ1v) is 4.63. The van der Waals surface area contributed by atoms with E-state index in [0.717, 1.165) is 5.56 Å². The second-order valence-corrected chi connectivity index (χ2v) is 3.70. The Kier molecular flexibility index (Phi) is 3.49. The van der Waals surface area contributed by atoms with Crippen molar-refractivity contribution in [2.24, 2.45) is 5.73 Å². The Morgan fingerprint density at radius 2 is 2.21 bits per heavy atom.